The molecule has 157 valence electrons. The Morgan fingerprint density at radius 3 is 1.65 bits per heavy atom. The molecule has 5 nitrogen and oxygen atoms in total. The van der Waals surface area contributed by atoms with Gasteiger partial charge in [-0.25, -0.2) is 0 Å². The molecule has 2 aliphatic heterocycles. The van der Waals surface area contributed by atoms with Crippen molar-refractivity contribution in [3.05, 3.63) is 0 Å². The molecule has 0 N–H and O–H groups in total. The summed E-state index contributed by atoms with van der Waals surface area (Å²) >= 11 is 6.75. The van der Waals surface area contributed by atoms with Crippen LogP contribution in [0, 0.1) is 0 Å². The van der Waals surface area contributed by atoms with Gasteiger partial charge in [0.15, 0.2) is 0 Å². The molecule has 9 heteroatoms. The molecule has 2 heterocycles. The van der Waals surface area contributed by atoms with Crippen LogP contribution in [0.3, 0.4) is 0 Å². The maximum atomic E-state index is 6.75. The van der Waals surface area contributed by atoms with Gasteiger partial charge in [-0.05, 0) is 47.1 Å². The third-order valence-electron chi connectivity index (χ3n) is 5.29. The van der Waals surface area contributed by atoms with Crippen molar-refractivity contribution >= 4 is 11.6 Å². The Hall–Kier alpha value is 1.19. The minimum Gasteiger partial charge on any atom is -1.00 e. The van der Waals surface area contributed by atoms with Gasteiger partial charge in [0.25, 0.3) is 0 Å². The second-order valence-corrected chi connectivity index (χ2v) is 7.87. The number of rotatable bonds is 0. The van der Waals surface area contributed by atoms with Crippen LogP contribution in [0.15, 0.2) is 0 Å². The molecule has 1 radical (unpaired) electrons. The van der Waals surface area contributed by atoms with E-state index in [1.54, 1.807) is 0 Å². The van der Waals surface area contributed by atoms with E-state index in [0.29, 0.717) is 0 Å². The summed E-state index contributed by atoms with van der Waals surface area (Å²) in [6.45, 7) is 12.5. The molecule has 0 aromatic heterocycles. The van der Waals surface area contributed by atoms with E-state index in [1.807, 2.05) is 0 Å². The van der Waals surface area contributed by atoms with Crippen molar-refractivity contribution in [3.63, 3.8) is 0 Å². The summed E-state index contributed by atoms with van der Waals surface area (Å²) in [7, 11) is 6.73. The summed E-state index contributed by atoms with van der Waals surface area (Å²) in [5.41, 5.74) is 0.152. The molecule has 0 saturated carbocycles. The van der Waals surface area contributed by atoms with Crippen molar-refractivity contribution in [2.45, 2.75) is 18.3 Å². The molecular formula is C17H36Cl3MnN5. The van der Waals surface area contributed by atoms with Crippen molar-refractivity contribution in [2.75, 3.05) is 93.1 Å². The molecule has 0 aromatic rings. The summed E-state index contributed by atoms with van der Waals surface area (Å²) < 4.78 is 0. The normalized spacial score (nSPS) is 31.2. The largest absolute Gasteiger partial charge is 2.00 e. The molecule has 0 aliphatic carbocycles. The third kappa shape index (κ3) is 11.3. The van der Waals surface area contributed by atoms with E-state index in [0.717, 1.165) is 52.2 Å². The van der Waals surface area contributed by atoms with E-state index in [1.165, 1.54) is 32.6 Å². The topological polar surface area (TPSA) is 16.2 Å². The number of alkyl halides is 1. The molecule has 2 aliphatic rings. The molecule has 2 rings (SSSR count). The minimum atomic E-state index is 0. The molecule has 0 aromatic carbocycles. The predicted molar refractivity (Wildman–Crippen MR) is 99.4 cm³/mol. The summed E-state index contributed by atoms with van der Waals surface area (Å²) in [6, 6.07) is 0. The summed E-state index contributed by atoms with van der Waals surface area (Å²) in [6.07, 6.45) is 2.31. The monoisotopic (exact) mass is 470 g/mol. The number of nitrogens with zero attached hydrogens (tertiary/aromatic N) is 5. The first kappa shape index (κ1) is 29.4. The van der Waals surface area contributed by atoms with Gasteiger partial charge in [-0.15, -0.1) is 11.6 Å². The van der Waals surface area contributed by atoms with E-state index < -0.39 is 0 Å². The Balaban J connectivity index is 0. The van der Waals surface area contributed by atoms with Crippen molar-refractivity contribution in [2.24, 2.45) is 0 Å². The molecule has 0 amide bonds. The average molecular weight is 472 g/mol. The van der Waals surface area contributed by atoms with Crippen LogP contribution in [0.2, 0.25) is 0 Å². The molecule has 3 unspecified atom stereocenters. The summed E-state index contributed by atoms with van der Waals surface area (Å²) in [4.78, 5) is 12.5. The maximum absolute atomic E-state index is 6.75. The molecule has 2 fully saturated rings. The second kappa shape index (κ2) is 16.0. The van der Waals surface area contributed by atoms with E-state index >= 15 is 0 Å². The smallest absolute Gasteiger partial charge is 1.00 e. The van der Waals surface area contributed by atoms with Crippen LogP contribution in [0.4, 0.5) is 0 Å². The van der Waals surface area contributed by atoms with Gasteiger partial charge in [-0.1, -0.05) is 0 Å². The maximum Gasteiger partial charge on any atom is 2.00 e. The van der Waals surface area contributed by atoms with Crippen LogP contribution in [0.5, 0.6) is 0 Å². The number of hydrogen-bond acceptors (Lipinski definition) is 5. The van der Waals surface area contributed by atoms with Crippen LogP contribution < -0.4 is 24.8 Å². The number of halogens is 3. The van der Waals surface area contributed by atoms with Gasteiger partial charge in [-0.3, -0.25) is 4.90 Å². The standard InChI is InChI=1S/C17H36ClN5.2ClH.Mn/c1-19-6-4-7-22-13-9-20(2)8-5-17(18)23(15-11-19)16-12-21(3)10-14-22;;;/h17H,4-16H2,1-3H3;2*1H;/q;;;+2/p-2. The zero-order chi connectivity index (χ0) is 16.7. The van der Waals surface area contributed by atoms with Gasteiger partial charge in [-0.2, -0.15) is 0 Å². The van der Waals surface area contributed by atoms with Gasteiger partial charge in [0.1, 0.15) is 0 Å². The van der Waals surface area contributed by atoms with E-state index in [-0.39, 0.29) is 47.4 Å². The van der Waals surface area contributed by atoms with Crippen LogP contribution >= 0.6 is 11.6 Å². The van der Waals surface area contributed by atoms with Crippen LogP contribution in [-0.2, 0) is 17.1 Å². The zero-order valence-corrected chi connectivity index (χ0v) is 20.0. The zero-order valence-electron chi connectivity index (χ0n) is 16.5. The molecule has 2 saturated heterocycles. The van der Waals surface area contributed by atoms with Crippen molar-refractivity contribution in [1.29, 1.82) is 0 Å². The predicted octanol–water partition coefficient (Wildman–Crippen LogP) is -5.24. The van der Waals surface area contributed by atoms with E-state index in [9.17, 15) is 0 Å². The fourth-order valence-electron chi connectivity index (χ4n) is 3.36. The molecule has 3 atom stereocenters. The summed E-state index contributed by atoms with van der Waals surface area (Å²) in [5.74, 6) is 0. The van der Waals surface area contributed by atoms with Crippen LogP contribution in [-0.4, -0.2) is 123 Å². The molecular weight excluding hydrogens is 436 g/mol. The first-order chi connectivity index (χ1) is 11.0. The summed E-state index contributed by atoms with van der Waals surface area (Å²) in [5, 5.41) is 0. The second-order valence-electron chi connectivity index (χ2n) is 7.36. The molecule has 26 heavy (non-hydrogen) atoms. The Bertz CT molecular complexity index is 342. The Morgan fingerprint density at radius 2 is 1.08 bits per heavy atom. The van der Waals surface area contributed by atoms with Crippen LogP contribution in [0.1, 0.15) is 12.8 Å². The Labute approximate surface area is 189 Å². The van der Waals surface area contributed by atoms with Gasteiger partial charge in [0.2, 0.25) is 0 Å². The Kier molecular flexibility index (Phi) is 18.1. The Morgan fingerprint density at radius 1 is 0.615 bits per heavy atom. The number of likely N-dealkylation sites (N-methyl/N-ethyl adjacent to an activating group) is 3. The first-order valence-corrected chi connectivity index (χ1v) is 9.64. The van der Waals surface area contributed by atoms with Gasteiger partial charge < -0.3 is 44.4 Å². The molecule has 2 bridgehead atoms. The number of fused-ring (bicyclic) bond motifs is 6. The van der Waals surface area contributed by atoms with Crippen LogP contribution in [0.25, 0.3) is 0 Å². The number of hydrogen-bond donors (Lipinski definition) is 0. The first-order valence-electron chi connectivity index (χ1n) is 9.20. The van der Waals surface area contributed by atoms with Crippen molar-refractivity contribution in [3.8, 4) is 0 Å². The van der Waals surface area contributed by atoms with Gasteiger partial charge in [0.05, 0.1) is 5.50 Å². The fourth-order valence-corrected chi connectivity index (χ4v) is 3.65. The fraction of sp³-hybridized carbons (Fsp3) is 1.00. The van der Waals surface area contributed by atoms with E-state index in [4.69, 9.17) is 11.6 Å². The SMILES string of the molecule is CN1CCC(Cl)N2CCN(C)CCCN(CC1)CCN(C)CC2.[Cl-].[Cl-].[Mn+2]. The van der Waals surface area contributed by atoms with E-state index in [2.05, 4.69) is 45.6 Å². The quantitative estimate of drug-likeness (QED) is 0.152. The minimum absolute atomic E-state index is 0. The third-order valence-corrected chi connectivity index (χ3v) is 5.79. The van der Waals surface area contributed by atoms with Gasteiger partial charge in [0, 0.05) is 58.9 Å². The van der Waals surface area contributed by atoms with Crippen molar-refractivity contribution < 1.29 is 41.9 Å². The van der Waals surface area contributed by atoms with Crippen molar-refractivity contribution in [1.82, 2.24) is 24.5 Å². The van der Waals surface area contributed by atoms with Gasteiger partial charge >= 0.3 is 17.1 Å². The average Bonchev–Trinajstić information content (AvgIpc) is 2.54. The molecule has 0 spiro atoms.